The van der Waals surface area contributed by atoms with Crippen molar-refractivity contribution in [3.05, 3.63) is 23.8 Å². The van der Waals surface area contributed by atoms with Crippen LogP contribution in [0.25, 0.3) is 0 Å². The van der Waals surface area contributed by atoms with Crippen LogP contribution in [0.15, 0.2) is 23.1 Å². The molecule has 0 saturated heterocycles. The summed E-state index contributed by atoms with van der Waals surface area (Å²) >= 11 is 1.66. The highest BCUT2D eigenvalue weighted by molar-refractivity contribution is 7.99. The summed E-state index contributed by atoms with van der Waals surface area (Å²) in [7, 11) is 0. The van der Waals surface area contributed by atoms with Gasteiger partial charge in [-0.2, -0.15) is 0 Å². The van der Waals surface area contributed by atoms with Crippen molar-refractivity contribution >= 4 is 17.4 Å². The minimum absolute atomic E-state index is 0.0496. The number of nitrogen functional groups attached to an aromatic ring is 1. The van der Waals surface area contributed by atoms with E-state index in [9.17, 15) is 8.78 Å². The third kappa shape index (κ3) is 3.61. The zero-order valence-electron chi connectivity index (χ0n) is 10.6. The summed E-state index contributed by atoms with van der Waals surface area (Å²) in [4.78, 5) is 1.12. The van der Waals surface area contributed by atoms with Crippen molar-refractivity contribution in [2.45, 2.75) is 43.4 Å². The van der Waals surface area contributed by atoms with Gasteiger partial charge in [0.05, 0.1) is 0 Å². The number of benzene rings is 1. The van der Waals surface area contributed by atoms with Crippen molar-refractivity contribution < 1.29 is 8.78 Å². The van der Waals surface area contributed by atoms with Gasteiger partial charge in [0.15, 0.2) is 0 Å². The second kappa shape index (κ2) is 5.47. The fraction of sp³-hybridized carbons (Fsp3) is 0.571. The molecule has 0 aromatic heterocycles. The van der Waals surface area contributed by atoms with Crippen molar-refractivity contribution in [3.8, 4) is 0 Å². The van der Waals surface area contributed by atoms with Crippen LogP contribution in [0, 0.1) is 12.8 Å². The molecule has 0 aliphatic heterocycles. The van der Waals surface area contributed by atoms with E-state index in [0.29, 0.717) is 6.42 Å². The summed E-state index contributed by atoms with van der Waals surface area (Å²) in [5, 5.41) is 0. The van der Waals surface area contributed by atoms with E-state index in [1.54, 1.807) is 11.8 Å². The number of aryl methyl sites for hydroxylation is 1. The van der Waals surface area contributed by atoms with Crippen LogP contribution in [0.5, 0.6) is 0 Å². The molecule has 1 fully saturated rings. The fourth-order valence-electron chi connectivity index (χ4n) is 2.37. The third-order valence-electron chi connectivity index (χ3n) is 3.47. The zero-order chi connectivity index (χ0) is 13.2. The maximum absolute atomic E-state index is 13.3. The molecule has 4 heteroatoms. The third-order valence-corrected chi connectivity index (χ3v) is 4.69. The molecule has 1 aliphatic carbocycles. The normalized spacial score (nSPS) is 22.9. The standard InChI is InChI=1S/C14H19F2NS/c1-10-7-12(4-5-13(10)17)18-9-11-3-2-6-14(15,16)8-11/h4-5,7,11H,2-3,6,8-9,17H2,1H3. The monoisotopic (exact) mass is 271 g/mol. The Bertz CT molecular complexity index is 420. The van der Waals surface area contributed by atoms with E-state index in [4.69, 9.17) is 5.73 Å². The summed E-state index contributed by atoms with van der Waals surface area (Å²) in [5.41, 5.74) is 7.59. The topological polar surface area (TPSA) is 26.0 Å². The largest absolute Gasteiger partial charge is 0.399 e. The Balaban J connectivity index is 1.89. The molecule has 100 valence electrons. The number of hydrogen-bond donors (Lipinski definition) is 1. The van der Waals surface area contributed by atoms with Crippen molar-refractivity contribution in [2.75, 3.05) is 11.5 Å². The van der Waals surface area contributed by atoms with Gasteiger partial charge in [-0.05, 0) is 49.4 Å². The Labute approximate surface area is 111 Å². The summed E-state index contributed by atoms with van der Waals surface area (Å²) in [6.45, 7) is 1.97. The molecule has 0 heterocycles. The van der Waals surface area contributed by atoms with Gasteiger partial charge in [-0.15, -0.1) is 11.8 Å². The summed E-state index contributed by atoms with van der Waals surface area (Å²) in [6, 6.07) is 5.88. The maximum Gasteiger partial charge on any atom is 0.248 e. The van der Waals surface area contributed by atoms with E-state index in [1.807, 2.05) is 25.1 Å². The Morgan fingerprint density at radius 2 is 2.22 bits per heavy atom. The number of alkyl halides is 2. The van der Waals surface area contributed by atoms with Crippen molar-refractivity contribution in [3.63, 3.8) is 0 Å². The van der Waals surface area contributed by atoms with Crippen LogP contribution < -0.4 is 5.73 Å². The van der Waals surface area contributed by atoms with E-state index < -0.39 is 5.92 Å². The number of hydrogen-bond acceptors (Lipinski definition) is 2. The molecule has 0 radical (unpaired) electrons. The number of rotatable bonds is 3. The van der Waals surface area contributed by atoms with E-state index in [0.717, 1.165) is 28.3 Å². The SMILES string of the molecule is Cc1cc(SCC2CCCC(F)(F)C2)ccc1N. The smallest absolute Gasteiger partial charge is 0.248 e. The number of thioether (sulfide) groups is 1. The lowest BCUT2D eigenvalue weighted by Crippen LogP contribution is -2.27. The molecule has 1 nitrogen and oxygen atoms in total. The first-order valence-corrected chi connectivity index (χ1v) is 7.31. The minimum atomic E-state index is -2.44. The second-order valence-corrected chi connectivity index (χ2v) is 6.24. The van der Waals surface area contributed by atoms with E-state index >= 15 is 0 Å². The summed E-state index contributed by atoms with van der Waals surface area (Å²) in [6.07, 6.45) is 1.69. The van der Waals surface area contributed by atoms with Gasteiger partial charge in [-0.1, -0.05) is 0 Å². The van der Waals surface area contributed by atoms with Gasteiger partial charge in [0.25, 0.3) is 0 Å². The van der Waals surface area contributed by atoms with Crippen LogP contribution in [0.3, 0.4) is 0 Å². The van der Waals surface area contributed by atoms with Crippen LogP contribution in [-0.4, -0.2) is 11.7 Å². The molecule has 1 aromatic rings. The average molecular weight is 271 g/mol. The van der Waals surface area contributed by atoms with Crippen LogP contribution in [-0.2, 0) is 0 Å². The van der Waals surface area contributed by atoms with Gasteiger partial charge in [-0.25, -0.2) is 8.78 Å². The predicted octanol–water partition coefficient (Wildman–Crippen LogP) is 4.49. The van der Waals surface area contributed by atoms with E-state index in [2.05, 4.69) is 0 Å². The Hall–Kier alpha value is -0.770. The molecule has 2 N–H and O–H groups in total. The van der Waals surface area contributed by atoms with Gasteiger partial charge in [-0.3, -0.25) is 0 Å². The Morgan fingerprint density at radius 1 is 1.44 bits per heavy atom. The molecule has 2 rings (SSSR count). The molecular formula is C14H19F2NS. The first-order chi connectivity index (χ1) is 8.46. The fourth-order valence-corrected chi connectivity index (χ4v) is 3.51. The number of halogens is 2. The van der Waals surface area contributed by atoms with Crippen LogP contribution in [0.1, 0.15) is 31.2 Å². The lowest BCUT2D eigenvalue weighted by atomic mass is 9.88. The molecule has 1 atom stereocenters. The lowest BCUT2D eigenvalue weighted by Gasteiger charge is -2.28. The molecule has 1 aromatic carbocycles. The summed E-state index contributed by atoms with van der Waals surface area (Å²) in [5.74, 6) is -1.53. The van der Waals surface area contributed by atoms with Gasteiger partial charge >= 0.3 is 0 Å². The molecular weight excluding hydrogens is 252 g/mol. The van der Waals surface area contributed by atoms with Gasteiger partial charge in [0.1, 0.15) is 0 Å². The average Bonchev–Trinajstić information content (AvgIpc) is 2.29. The Kier molecular flexibility index (Phi) is 4.15. The Morgan fingerprint density at radius 3 is 2.89 bits per heavy atom. The molecule has 1 aliphatic rings. The van der Waals surface area contributed by atoms with Crippen LogP contribution in [0.2, 0.25) is 0 Å². The first kappa shape index (κ1) is 13.7. The van der Waals surface area contributed by atoms with E-state index in [1.165, 1.54) is 0 Å². The highest BCUT2D eigenvalue weighted by atomic mass is 32.2. The van der Waals surface area contributed by atoms with Crippen LogP contribution in [0.4, 0.5) is 14.5 Å². The summed E-state index contributed by atoms with van der Waals surface area (Å²) < 4.78 is 26.5. The number of anilines is 1. The van der Waals surface area contributed by atoms with Gasteiger partial charge < -0.3 is 5.73 Å². The molecule has 0 amide bonds. The second-order valence-electron chi connectivity index (χ2n) is 5.15. The lowest BCUT2D eigenvalue weighted by molar-refractivity contribution is -0.0487. The van der Waals surface area contributed by atoms with Gasteiger partial charge in [0, 0.05) is 29.2 Å². The minimum Gasteiger partial charge on any atom is -0.399 e. The highest BCUT2D eigenvalue weighted by Crippen LogP contribution is 2.39. The zero-order valence-corrected chi connectivity index (χ0v) is 11.4. The molecule has 1 saturated carbocycles. The predicted molar refractivity (Wildman–Crippen MR) is 73.2 cm³/mol. The van der Waals surface area contributed by atoms with E-state index in [-0.39, 0.29) is 18.8 Å². The highest BCUT2D eigenvalue weighted by Gasteiger charge is 2.35. The molecule has 0 spiro atoms. The molecule has 1 unspecified atom stereocenters. The molecule has 0 bridgehead atoms. The van der Waals surface area contributed by atoms with Gasteiger partial charge in [0.2, 0.25) is 5.92 Å². The van der Waals surface area contributed by atoms with Crippen molar-refractivity contribution in [1.82, 2.24) is 0 Å². The van der Waals surface area contributed by atoms with Crippen LogP contribution >= 0.6 is 11.8 Å². The number of nitrogens with two attached hydrogens (primary N) is 1. The quantitative estimate of drug-likeness (QED) is 0.647. The molecule has 18 heavy (non-hydrogen) atoms. The van der Waals surface area contributed by atoms with Crippen molar-refractivity contribution in [2.24, 2.45) is 5.92 Å². The first-order valence-electron chi connectivity index (χ1n) is 6.33. The van der Waals surface area contributed by atoms with Crippen molar-refractivity contribution in [1.29, 1.82) is 0 Å². The maximum atomic E-state index is 13.3.